The lowest BCUT2D eigenvalue weighted by Gasteiger charge is -2.24. The van der Waals surface area contributed by atoms with Crippen LogP contribution in [-0.4, -0.2) is 50.3 Å². The third-order valence-corrected chi connectivity index (χ3v) is 2.97. The number of nitro benzene ring substituents is 1. The average Bonchev–Trinajstić information content (AvgIpc) is 2.54. The van der Waals surface area contributed by atoms with Gasteiger partial charge in [-0.1, -0.05) is 0 Å². The zero-order chi connectivity index (χ0) is 18.1. The molecule has 0 saturated carbocycles. The molecular weight excluding hydrogens is 320 g/mol. The second kappa shape index (κ2) is 9.33. The van der Waals surface area contributed by atoms with Crippen molar-refractivity contribution >= 4 is 23.3 Å². The summed E-state index contributed by atoms with van der Waals surface area (Å²) in [6.45, 7) is 3.29. The lowest BCUT2D eigenvalue weighted by molar-refractivity contribution is -0.384. The zero-order valence-corrected chi connectivity index (χ0v) is 13.8. The Hall–Kier alpha value is -2.84. The van der Waals surface area contributed by atoms with E-state index in [1.165, 1.54) is 30.2 Å². The molecule has 1 rings (SSSR count). The summed E-state index contributed by atoms with van der Waals surface area (Å²) >= 11 is 0. The predicted molar refractivity (Wildman–Crippen MR) is 85.1 cm³/mol. The lowest BCUT2D eigenvalue weighted by Crippen LogP contribution is -2.36. The third kappa shape index (κ3) is 5.41. The van der Waals surface area contributed by atoms with Crippen LogP contribution in [-0.2, 0) is 19.1 Å². The van der Waals surface area contributed by atoms with Crippen molar-refractivity contribution < 1.29 is 28.7 Å². The molecule has 0 heterocycles. The van der Waals surface area contributed by atoms with Crippen LogP contribution in [0.1, 0.15) is 13.8 Å². The van der Waals surface area contributed by atoms with Gasteiger partial charge in [-0.15, -0.1) is 0 Å². The largest absolute Gasteiger partial charge is 0.494 e. The molecule has 0 fully saturated rings. The standard InChI is InChI=1S/C15H20N2O7/c1-4-23-14(18)9-16(10-15(19)24-5-2)12-7-6-11(17(20)21)8-13(12)22-3/h6-8H,4-5,9-10H2,1-3H3. The first kappa shape index (κ1) is 19.2. The number of anilines is 1. The Labute approximate surface area is 139 Å². The molecule has 0 N–H and O–H groups in total. The van der Waals surface area contributed by atoms with Crippen molar-refractivity contribution in [1.29, 1.82) is 0 Å². The van der Waals surface area contributed by atoms with Crippen LogP contribution in [0.2, 0.25) is 0 Å². The highest BCUT2D eigenvalue weighted by Gasteiger charge is 2.22. The number of ether oxygens (including phenoxy) is 3. The Balaban J connectivity index is 3.14. The molecule has 0 aliphatic rings. The van der Waals surface area contributed by atoms with E-state index in [1.54, 1.807) is 13.8 Å². The molecule has 24 heavy (non-hydrogen) atoms. The number of methoxy groups -OCH3 is 1. The number of hydrogen-bond donors (Lipinski definition) is 0. The van der Waals surface area contributed by atoms with Crippen LogP contribution >= 0.6 is 0 Å². The van der Waals surface area contributed by atoms with E-state index < -0.39 is 16.9 Å². The Bertz CT molecular complexity index is 583. The second-order valence-electron chi connectivity index (χ2n) is 4.58. The van der Waals surface area contributed by atoms with Gasteiger partial charge in [0.25, 0.3) is 5.69 Å². The van der Waals surface area contributed by atoms with Gasteiger partial charge in [-0.2, -0.15) is 0 Å². The van der Waals surface area contributed by atoms with E-state index in [2.05, 4.69) is 0 Å². The van der Waals surface area contributed by atoms with E-state index in [9.17, 15) is 19.7 Å². The van der Waals surface area contributed by atoms with E-state index >= 15 is 0 Å². The van der Waals surface area contributed by atoms with Gasteiger partial charge in [0, 0.05) is 6.07 Å². The molecule has 0 spiro atoms. The fourth-order valence-electron chi connectivity index (χ4n) is 1.99. The highest BCUT2D eigenvalue weighted by atomic mass is 16.6. The maximum atomic E-state index is 11.8. The first-order valence-electron chi connectivity index (χ1n) is 7.31. The second-order valence-corrected chi connectivity index (χ2v) is 4.58. The molecule has 0 aliphatic heterocycles. The molecule has 1 aromatic carbocycles. The van der Waals surface area contributed by atoms with Crippen LogP contribution in [0.5, 0.6) is 5.75 Å². The molecule has 0 aromatic heterocycles. The first-order chi connectivity index (χ1) is 11.4. The molecule has 132 valence electrons. The third-order valence-electron chi connectivity index (χ3n) is 2.97. The van der Waals surface area contributed by atoms with Gasteiger partial charge < -0.3 is 19.1 Å². The van der Waals surface area contributed by atoms with E-state index in [0.717, 1.165) is 0 Å². The minimum atomic E-state index is -0.562. The monoisotopic (exact) mass is 340 g/mol. The summed E-state index contributed by atoms with van der Waals surface area (Å²) in [6, 6.07) is 3.90. The van der Waals surface area contributed by atoms with Gasteiger partial charge in [0.2, 0.25) is 0 Å². The maximum absolute atomic E-state index is 11.8. The first-order valence-corrected chi connectivity index (χ1v) is 7.31. The van der Waals surface area contributed by atoms with E-state index in [1.807, 2.05) is 0 Å². The van der Waals surface area contributed by atoms with Gasteiger partial charge in [-0.3, -0.25) is 19.7 Å². The topological polar surface area (TPSA) is 108 Å². The number of carbonyl (C=O) groups is 2. The summed E-state index contributed by atoms with van der Waals surface area (Å²) in [5, 5.41) is 10.9. The molecule has 0 saturated heterocycles. The van der Waals surface area contributed by atoms with Crippen LogP contribution in [0.25, 0.3) is 0 Å². The molecule has 0 amide bonds. The van der Waals surface area contributed by atoms with E-state index in [-0.39, 0.29) is 37.7 Å². The minimum absolute atomic E-state index is 0.164. The number of hydrogen-bond acceptors (Lipinski definition) is 8. The molecule has 9 nitrogen and oxygen atoms in total. The summed E-state index contributed by atoms with van der Waals surface area (Å²) in [5.41, 5.74) is 0.187. The maximum Gasteiger partial charge on any atom is 0.325 e. The Kier molecular flexibility index (Phi) is 7.47. The molecule has 1 aromatic rings. The summed E-state index contributed by atoms with van der Waals surface area (Å²) in [7, 11) is 1.34. The van der Waals surface area contributed by atoms with Gasteiger partial charge in [0.05, 0.1) is 37.0 Å². The van der Waals surface area contributed by atoms with Crippen LogP contribution in [0, 0.1) is 10.1 Å². The van der Waals surface area contributed by atoms with Crippen molar-refractivity contribution in [2.45, 2.75) is 13.8 Å². The molecular formula is C15H20N2O7. The Morgan fingerprint density at radius 2 is 1.67 bits per heavy atom. The van der Waals surface area contributed by atoms with Crippen molar-refractivity contribution in [3.05, 3.63) is 28.3 Å². The fraction of sp³-hybridized carbons (Fsp3) is 0.467. The smallest absolute Gasteiger partial charge is 0.325 e. The van der Waals surface area contributed by atoms with Crippen LogP contribution in [0.15, 0.2) is 18.2 Å². The normalized spacial score (nSPS) is 9.96. The van der Waals surface area contributed by atoms with Gasteiger partial charge in [-0.25, -0.2) is 0 Å². The number of benzene rings is 1. The molecule has 0 aliphatic carbocycles. The van der Waals surface area contributed by atoms with Gasteiger partial charge in [0.1, 0.15) is 18.8 Å². The van der Waals surface area contributed by atoms with Crippen LogP contribution in [0.3, 0.4) is 0 Å². The number of nitro groups is 1. The van der Waals surface area contributed by atoms with Gasteiger partial charge in [0.15, 0.2) is 0 Å². The minimum Gasteiger partial charge on any atom is -0.494 e. The highest BCUT2D eigenvalue weighted by Crippen LogP contribution is 2.32. The molecule has 9 heteroatoms. The lowest BCUT2D eigenvalue weighted by atomic mass is 10.2. The molecule has 0 atom stereocenters. The highest BCUT2D eigenvalue weighted by molar-refractivity contribution is 5.83. The Morgan fingerprint density at radius 1 is 1.12 bits per heavy atom. The van der Waals surface area contributed by atoms with Crippen molar-refractivity contribution in [3.8, 4) is 5.75 Å². The van der Waals surface area contributed by atoms with Gasteiger partial charge >= 0.3 is 11.9 Å². The predicted octanol–water partition coefficient (Wildman–Crippen LogP) is 1.54. The summed E-state index contributed by atoms with van der Waals surface area (Å²) < 4.78 is 14.9. The van der Waals surface area contributed by atoms with Crippen molar-refractivity contribution in [2.24, 2.45) is 0 Å². The number of carbonyl (C=O) groups excluding carboxylic acids is 2. The van der Waals surface area contributed by atoms with Crippen molar-refractivity contribution in [2.75, 3.05) is 38.3 Å². The van der Waals surface area contributed by atoms with Crippen LogP contribution < -0.4 is 9.64 Å². The van der Waals surface area contributed by atoms with Crippen LogP contribution in [0.4, 0.5) is 11.4 Å². The van der Waals surface area contributed by atoms with Crippen molar-refractivity contribution in [1.82, 2.24) is 0 Å². The summed E-state index contributed by atoms with van der Waals surface area (Å²) in [4.78, 5) is 35.2. The SMILES string of the molecule is CCOC(=O)CN(CC(=O)OCC)c1ccc([N+](=O)[O-])cc1OC. The zero-order valence-electron chi connectivity index (χ0n) is 13.8. The van der Waals surface area contributed by atoms with Crippen molar-refractivity contribution in [3.63, 3.8) is 0 Å². The van der Waals surface area contributed by atoms with E-state index in [4.69, 9.17) is 14.2 Å². The van der Waals surface area contributed by atoms with Gasteiger partial charge in [-0.05, 0) is 19.9 Å². The van der Waals surface area contributed by atoms with E-state index in [0.29, 0.717) is 5.69 Å². The number of esters is 2. The summed E-state index contributed by atoms with van der Waals surface area (Å²) in [6.07, 6.45) is 0. The quantitative estimate of drug-likeness (QED) is 0.378. The fourth-order valence-corrected chi connectivity index (χ4v) is 1.99. The molecule has 0 bridgehead atoms. The number of non-ortho nitro benzene ring substituents is 1. The molecule has 0 radical (unpaired) electrons. The Morgan fingerprint density at radius 3 is 2.08 bits per heavy atom. The average molecular weight is 340 g/mol. The number of nitrogens with zero attached hydrogens (tertiary/aromatic N) is 2. The summed E-state index contributed by atoms with van der Waals surface area (Å²) in [5.74, 6) is -0.915. The molecule has 0 unspecified atom stereocenters. The number of rotatable bonds is 9.